The van der Waals surface area contributed by atoms with Crippen molar-refractivity contribution in [3.63, 3.8) is 0 Å². The maximum absolute atomic E-state index is 2.46. The van der Waals surface area contributed by atoms with Crippen molar-refractivity contribution in [1.29, 1.82) is 0 Å². The first-order chi connectivity index (χ1) is 18.9. The Labute approximate surface area is 222 Å². The minimum atomic E-state index is 0.388. The molecule has 2 heterocycles. The Morgan fingerprint density at radius 1 is 0.605 bits per heavy atom. The van der Waals surface area contributed by atoms with Crippen molar-refractivity contribution in [2.45, 2.75) is 25.2 Å². The van der Waals surface area contributed by atoms with Gasteiger partial charge in [0, 0.05) is 39.2 Å². The molecule has 0 N–H and O–H groups in total. The molecule has 4 aromatic carbocycles. The van der Waals surface area contributed by atoms with E-state index in [9.17, 15) is 0 Å². The van der Waals surface area contributed by atoms with Crippen LogP contribution in [0.15, 0.2) is 121 Å². The monoisotopic (exact) mass is 488 g/mol. The Kier molecular flexibility index (Phi) is 4.81. The van der Waals surface area contributed by atoms with Crippen molar-refractivity contribution in [3.05, 3.63) is 138 Å². The van der Waals surface area contributed by atoms with Gasteiger partial charge >= 0.3 is 0 Å². The summed E-state index contributed by atoms with van der Waals surface area (Å²) in [5.41, 5.74) is 10.5. The lowest BCUT2D eigenvalue weighted by atomic mass is 9.91. The summed E-state index contributed by atoms with van der Waals surface area (Å²) in [4.78, 5) is 0. The number of hydrogen-bond acceptors (Lipinski definition) is 0. The molecule has 182 valence electrons. The highest BCUT2D eigenvalue weighted by molar-refractivity contribution is 6.09. The van der Waals surface area contributed by atoms with Crippen LogP contribution in [-0.4, -0.2) is 9.13 Å². The Balaban J connectivity index is 1.13. The van der Waals surface area contributed by atoms with E-state index in [1.54, 1.807) is 0 Å². The number of rotatable bonds is 3. The molecule has 0 aliphatic heterocycles. The Morgan fingerprint density at radius 3 is 1.89 bits per heavy atom. The lowest BCUT2D eigenvalue weighted by molar-refractivity contribution is 0.846. The van der Waals surface area contributed by atoms with E-state index in [0.29, 0.717) is 5.92 Å². The van der Waals surface area contributed by atoms with Gasteiger partial charge in [-0.2, -0.15) is 0 Å². The number of nitrogens with zero attached hydrogens (tertiary/aromatic N) is 2. The number of hydrogen-bond donors (Lipinski definition) is 0. The van der Waals surface area contributed by atoms with Crippen LogP contribution in [0.4, 0.5) is 0 Å². The maximum atomic E-state index is 2.46. The molecule has 1 unspecified atom stereocenters. The van der Waals surface area contributed by atoms with Crippen LogP contribution in [0.25, 0.3) is 50.2 Å². The van der Waals surface area contributed by atoms with Crippen molar-refractivity contribution in [2.24, 2.45) is 0 Å². The standard InChI is InChI=1S/C36H28N2/c1-5-13-33-29(9-1)30-10-2-6-14-34(30)37(33)27-21-17-25(18-22-27)26-19-23-28(24-20-26)38-35-15-7-3-11-31(35)32-12-4-8-16-36(32)38/h1-3,5-11,13-19,21-24,26H,4,12,20H2. The first kappa shape index (κ1) is 21.5. The zero-order valence-electron chi connectivity index (χ0n) is 21.2. The fourth-order valence-corrected chi connectivity index (χ4v) is 6.56. The average Bonchev–Trinajstić information content (AvgIpc) is 3.51. The highest BCUT2D eigenvalue weighted by Crippen LogP contribution is 2.37. The lowest BCUT2D eigenvalue weighted by Gasteiger charge is -2.20. The molecule has 8 rings (SSSR count). The van der Waals surface area contributed by atoms with E-state index in [1.165, 1.54) is 60.9 Å². The van der Waals surface area contributed by atoms with Gasteiger partial charge in [0.2, 0.25) is 0 Å². The van der Waals surface area contributed by atoms with Gasteiger partial charge in [-0.3, -0.25) is 0 Å². The van der Waals surface area contributed by atoms with Gasteiger partial charge in [-0.25, -0.2) is 0 Å². The number of fused-ring (bicyclic) bond motifs is 6. The van der Waals surface area contributed by atoms with E-state index < -0.39 is 0 Å². The van der Waals surface area contributed by atoms with Crippen molar-refractivity contribution in [3.8, 4) is 5.69 Å². The third-order valence-corrected chi connectivity index (χ3v) is 8.35. The number of para-hydroxylation sites is 3. The number of aryl methyl sites for hydroxylation is 1. The SMILES string of the molecule is C1=Cc2c(c3ccccc3n2C2=CCC(c3ccc(-n4c5ccccc5c5ccccc54)cc3)C=C2)CC1. The van der Waals surface area contributed by atoms with Gasteiger partial charge in [0.1, 0.15) is 0 Å². The molecule has 0 bridgehead atoms. The third kappa shape index (κ3) is 3.20. The first-order valence-electron chi connectivity index (χ1n) is 13.6. The van der Waals surface area contributed by atoms with Crippen molar-refractivity contribution in [1.82, 2.24) is 9.13 Å². The molecule has 0 saturated carbocycles. The summed E-state index contributed by atoms with van der Waals surface area (Å²) in [6.45, 7) is 0. The van der Waals surface area contributed by atoms with Crippen molar-refractivity contribution >= 4 is 44.5 Å². The van der Waals surface area contributed by atoms with Gasteiger partial charge < -0.3 is 9.13 Å². The third-order valence-electron chi connectivity index (χ3n) is 8.35. The van der Waals surface area contributed by atoms with E-state index in [4.69, 9.17) is 0 Å². The van der Waals surface area contributed by atoms with E-state index in [2.05, 4.69) is 137 Å². The summed E-state index contributed by atoms with van der Waals surface area (Å²) >= 11 is 0. The summed E-state index contributed by atoms with van der Waals surface area (Å²) in [5.74, 6) is 0.388. The zero-order chi connectivity index (χ0) is 25.1. The highest BCUT2D eigenvalue weighted by Gasteiger charge is 2.20. The lowest BCUT2D eigenvalue weighted by Crippen LogP contribution is -2.05. The van der Waals surface area contributed by atoms with Gasteiger partial charge in [-0.1, -0.05) is 85.0 Å². The molecule has 0 amide bonds. The van der Waals surface area contributed by atoms with E-state index in [-0.39, 0.29) is 0 Å². The second-order valence-electron chi connectivity index (χ2n) is 10.4. The highest BCUT2D eigenvalue weighted by atomic mass is 15.0. The molecule has 1 atom stereocenters. The molecule has 2 aromatic heterocycles. The molecule has 6 aromatic rings. The van der Waals surface area contributed by atoms with Gasteiger partial charge in [0.25, 0.3) is 0 Å². The molecule has 0 saturated heterocycles. The number of allylic oxidation sites excluding steroid dienone is 5. The summed E-state index contributed by atoms with van der Waals surface area (Å²) in [6, 6.07) is 35.4. The van der Waals surface area contributed by atoms with Crippen LogP contribution in [0, 0.1) is 0 Å². The van der Waals surface area contributed by atoms with Gasteiger partial charge in [0.05, 0.1) is 16.6 Å². The second kappa shape index (κ2) is 8.49. The molecule has 0 fully saturated rings. The molecular weight excluding hydrogens is 460 g/mol. The first-order valence-corrected chi connectivity index (χ1v) is 13.6. The molecule has 2 nitrogen and oxygen atoms in total. The molecule has 2 heteroatoms. The minimum absolute atomic E-state index is 0.388. The molecular formula is C36H28N2. The van der Waals surface area contributed by atoms with Crippen LogP contribution in [0.2, 0.25) is 0 Å². The smallest absolute Gasteiger partial charge is 0.0541 e. The average molecular weight is 489 g/mol. The van der Waals surface area contributed by atoms with E-state index in [0.717, 1.165) is 19.3 Å². The van der Waals surface area contributed by atoms with Crippen LogP contribution < -0.4 is 0 Å². The van der Waals surface area contributed by atoms with Gasteiger partial charge in [-0.05, 0) is 72.9 Å². The maximum Gasteiger partial charge on any atom is 0.0541 e. The Bertz CT molecular complexity index is 1890. The molecule has 2 aliphatic carbocycles. The topological polar surface area (TPSA) is 9.86 Å². The second-order valence-corrected chi connectivity index (χ2v) is 10.4. The largest absolute Gasteiger partial charge is 0.310 e. The zero-order valence-corrected chi connectivity index (χ0v) is 21.2. The van der Waals surface area contributed by atoms with Crippen LogP contribution in [0.3, 0.4) is 0 Å². The summed E-state index contributed by atoms with van der Waals surface area (Å²) in [6.07, 6.45) is 15.0. The summed E-state index contributed by atoms with van der Waals surface area (Å²) < 4.78 is 4.84. The van der Waals surface area contributed by atoms with Crippen LogP contribution in [0.5, 0.6) is 0 Å². The molecule has 38 heavy (non-hydrogen) atoms. The molecule has 0 spiro atoms. The van der Waals surface area contributed by atoms with Crippen LogP contribution in [0.1, 0.15) is 35.6 Å². The van der Waals surface area contributed by atoms with Crippen molar-refractivity contribution < 1.29 is 0 Å². The van der Waals surface area contributed by atoms with Gasteiger partial charge in [0.15, 0.2) is 0 Å². The predicted molar refractivity (Wildman–Crippen MR) is 161 cm³/mol. The quantitative estimate of drug-likeness (QED) is 0.235. The normalized spacial score (nSPS) is 16.8. The molecule has 0 radical (unpaired) electrons. The summed E-state index contributed by atoms with van der Waals surface area (Å²) in [5, 5.41) is 3.99. The van der Waals surface area contributed by atoms with Crippen LogP contribution >= 0.6 is 0 Å². The Morgan fingerprint density at radius 2 is 1.24 bits per heavy atom. The minimum Gasteiger partial charge on any atom is -0.310 e. The Hall–Kier alpha value is -4.56. The fraction of sp³-hybridized carbons (Fsp3) is 0.111. The molecule has 2 aliphatic rings. The van der Waals surface area contributed by atoms with Gasteiger partial charge in [-0.15, -0.1) is 0 Å². The fourth-order valence-electron chi connectivity index (χ4n) is 6.56. The van der Waals surface area contributed by atoms with E-state index >= 15 is 0 Å². The number of aromatic nitrogens is 2. The number of benzene rings is 4. The summed E-state index contributed by atoms with van der Waals surface area (Å²) in [7, 11) is 0. The predicted octanol–water partition coefficient (Wildman–Crippen LogP) is 9.28. The van der Waals surface area contributed by atoms with E-state index in [1.807, 2.05) is 0 Å². The van der Waals surface area contributed by atoms with Crippen LogP contribution in [-0.2, 0) is 6.42 Å². The van der Waals surface area contributed by atoms with Crippen molar-refractivity contribution in [2.75, 3.05) is 0 Å².